The summed E-state index contributed by atoms with van der Waals surface area (Å²) in [6.45, 7) is 0.634. The first kappa shape index (κ1) is 23.5. The van der Waals surface area contributed by atoms with Crippen LogP contribution in [0.1, 0.15) is 27.9 Å². The molecule has 0 unspecified atom stereocenters. The van der Waals surface area contributed by atoms with Gasteiger partial charge in [-0.3, -0.25) is 14.4 Å². The van der Waals surface area contributed by atoms with Crippen LogP contribution in [0, 0.1) is 0 Å². The molecule has 0 heterocycles. The molecule has 0 aliphatic heterocycles. The molecule has 170 valence electrons. The van der Waals surface area contributed by atoms with Gasteiger partial charge in [0.15, 0.2) is 0 Å². The van der Waals surface area contributed by atoms with Gasteiger partial charge in [0, 0.05) is 18.7 Å². The number of hydrogen-bond acceptors (Lipinski definition) is 4. The van der Waals surface area contributed by atoms with Crippen molar-refractivity contribution in [1.82, 2.24) is 10.6 Å². The fourth-order valence-corrected chi connectivity index (χ4v) is 3.31. The van der Waals surface area contributed by atoms with Crippen molar-refractivity contribution >= 4 is 23.4 Å². The number of anilines is 1. The first-order valence-corrected chi connectivity index (χ1v) is 10.7. The molecule has 3 rings (SSSR count). The van der Waals surface area contributed by atoms with Crippen LogP contribution in [0.5, 0.6) is 5.75 Å². The Labute approximate surface area is 193 Å². The quantitative estimate of drug-likeness (QED) is 0.348. The van der Waals surface area contributed by atoms with Gasteiger partial charge in [-0.1, -0.05) is 60.7 Å². The predicted octanol–water partition coefficient (Wildman–Crippen LogP) is 3.31. The van der Waals surface area contributed by atoms with E-state index in [1.165, 1.54) is 5.56 Å². The van der Waals surface area contributed by atoms with Gasteiger partial charge in [-0.25, -0.2) is 0 Å². The Morgan fingerprint density at radius 1 is 0.788 bits per heavy atom. The maximum atomic E-state index is 12.7. The Balaban J connectivity index is 1.52. The third kappa shape index (κ3) is 6.93. The topological polar surface area (TPSA) is 96.5 Å². The molecule has 33 heavy (non-hydrogen) atoms. The molecule has 3 aromatic carbocycles. The average Bonchev–Trinajstić information content (AvgIpc) is 2.86. The fourth-order valence-electron chi connectivity index (χ4n) is 3.31. The van der Waals surface area contributed by atoms with Crippen LogP contribution in [-0.2, 0) is 22.6 Å². The Morgan fingerprint density at radius 3 is 2.27 bits per heavy atom. The molecule has 7 heteroatoms. The summed E-state index contributed by atoms with van der Waals surface area (Å²) >= 11 is 0. The molecule has 3 amide bonds. The lowest BCUT2D eigenvalue weighted by atomic mass is 10.1. The Kier molecular flexibility index (Phi) is 8.59. The van der Waals surface area contributed by atoms with E-state index in [1.54, 1.807) is 31.4 Å². The number of hydrogen-bond donors (Lipinski definition) is 3. The number of benzene rings is 3. The van der Waals surface area contributed by atoms with Crippen molar-refractivity contribution < 1.29 is 19.1 Å². The smallest absolute Gasteiger partial charge is 0.313 e. The van der Waals surface area contributed by atoms with Gasteiger partial charge in [0.25, 0.3) is 5.91 Å². The largest absolute Gasteiger partial charge is 0.496 e. The molecule has 0 aliphatic carbocycles. The lowest BCUT2D eigenvalue weighted by Gasteiger charge is -2.13. The third-order valence-corrected chi connectivity index (χ3v) is 5.03. The number of rotatable bonds is 9. The van der Waals surface area contributed by atoms with E-state index in [1.807, 2.05) is 54.6 Å². The summed E-state index contributed by atoms with van der Waals surface area (Å²) in [7, 11) is 1.57. The molecule has 0 aromatic heterocycles. The molecule has 0 radical (unpaired) electrons. The summed E-state index contributed by atoms with van der Waals surface area (Å²) in [6, 6.07) is 23.8. The minimum Gasteiger partial charge on any atom is -0.496 e. The van der Waals surface area contributed by atoms with Gasteiger partial charge in [-0.2, -0.15) is 0 Å². The summed E-state index contributed by atoms with van der Waals surface area (Å²) in [5, 5.41) is 7.97. The second kappa shape index (κ2) is 12.0. The van der Waals surface area contributed by atoms with Gasteiger partial charge in [0.1, 0.15) is 5.75 Å². The monoisotopic (exact) mass is 445 g/mol. The first-order valence-electron chi connectivity index (χ1n) is 10.7. The van der Waals surface area contributed by atoms with E-state index in [2.05, 4.69) is 16.0 Å². The van der Waals surface area contributed by atoms with Crippen LogP contribution in [0.4, 0.5) is 5.69 Å². The molecule has 3 aromatic rings. The van der Waals surface area contributed by atoms with E-state index in [9.17, 15) is 14.4 Å². The van der Waals surface area contributed by atoms with Crippen molar-refractivity contribution in [3.8, 4) is 5.75 Å². The number of ether oxygens (including phenoxy) is 1. The van der Waals surface area contributed by atoms with E-state index in [0.29, 0.717) is 18.7 Å². The average molecular weight is 446 g/mol. The van der Waals surface area contributed by atoms with Crippen LogP contribution in [-0.4, -0.2) is 31.4 Å². The molecule has 0 spiro atoms. The van der Waals surface area contributed by atoms with E-state index in [0.717, 1.165) is 12.0 Å². The van der Waals surface area contributed by atoms with E-state index in [4.69, 9.17) is 4.74 Å². The number of methoxy groups -OCH3 is 1. The highest BCUT2D eigenvalue weighted by atomic mass is 16.5. The minimum atomic E-state index is -0.820. The van der Waals surface area contributed by atoms with Crippen molar-refractivity contribution in [3.05, 3.63) is 95.6 Å². The minimum absolute atomic E-state index is 0.257. The van der Waals surface area contributed by atoms with Gasteiger partial charge in [0.2, 0.25) is 0 Å². The zero-order valence-electron chi connectivity index (χ0n) is 18.5. The number of carbonyl (C=O) groups excluding carboxylic acids is 3. The van der Waals surface area contributed by atoms with Crippen LogP contribution in [0.25, 0.3) is 0 Å². The molecule has 0 atom stereocenters. The highest BCUT2D eigenvalue weighted by Gasteiger charge is 2.17. The molecule has 0 fully saturated rings. The second-order valence-corrected chi connectivity index (χ2v) is 7.34. The van der Waals surface area contributed by atoms with E-state index >= 15 is 0 Å². The summed E-state index contributed by atoms with van der Waals surface area (Å²) < 4.78 is 5.30. The van der Waals surface area contributed by atoms with Gasteiger partial charge < -0.3 is 20.7 Å². The summed E-state index contributed by atoms with van der Waals surface area (Å²) in [4.78, 5) is 37.3. The number of aryl methyl sites for hydroxylation is 1. The molecule has 0 bridgehead atoms. The Hall–Kier alpha value is -4.13. The number of carbonyl (C=O) groups is 3. The molecule has 0 saturated heterocycles. The van der Waals surface area contributed by atoms with E-state index < -0.39 is 11.8 Å². The van der Waals surface area contributed by atoms with Gasteiger partial charge in [-0.15, -0.1) is 0 Å². The number of nitrogens with one attached hydrogen (secondary N) is 3. The zero-order chi connectivity index (χ0) is 23.5. The zero-order valence-corrected chi connectivity index (χ0v) is 18.5. The standard InChI is InChI=1S/C26H27N3O4/c1-33-23-16-8-5-13-20(23)18-28-24(30)21-14-6-7-15-22(21)29-26(32)25(31)27-17-9-12-19-10-3-2-4-11-19/h2-8,10-11,13-16H,9,12,17-18H2,1H3,(H,27,31)(H,28,30)(H,29,32). The first-order chi connectivity index (χ1) is 16.1. The van der Waals surface area contributed by atoms with E-state index in [-0.39, 0.29) is 23.7 Å². The maximum Gasteiger partial charge on any atom is 0.313 e. The molecule has 0 aliphatic rings. The predicted molar refractivity (Wildman–Crippen MR) is 127 cm³/mol. The van der Waals surface area contributed by atoms with Gasteiger partial charge in [0.05, 0.1) is 18.4 Å². The van der Waals surface area contributed by atoms with Crippen LogP contribution in [0.2, 0.25) is 0 Å². The third-order valence-electron chi connectivity index (χ3n) is 5.03. The van der Waals surface area contributed by atoms with Crippen LogP contribution >= 0.6 is 0 Å². The second-order valence-electron chi connectivity index (χ2n) is 7.34. The Bertz CT molecular complexity index is 1100. The number of para-hydroxylation sites is 2. The van der Waals surface area contributed by atoms with Crippen molar-refractivity contribution in [1.29, 1.82) is 0 Å². The Morgan fingerprint density at radius 2 is 1.48 bits per heavy atom. The molecule has 3 N–H and O–H groups in total. The lowest BCUT2D eigenvalue weighted by molar-refractivity contribution is -0.136. The van der Waals surface area contributed by atoms with Crippen molar-refractivity contribution in [2.24, 2.45) is 0 Å². The van der Waals surface area contributed by atoms with Crippen LogP contribution < -0.4 is 20.7 Å². The van der Waals surface area contributed by atoms with Crippen LogP contribution in [0.3, 0.4) is 0 Å². The SMILES string of the molecule is COc1ccccc1CNC(=O)c1ccccc1NC(=O)C(=O)NCCCc1ccccc1. The summed E-state index contributed by atoms with van der Waals surface area (Å²) in [5.74, 6) is -1.27. The number of amides is 3. The highest BCUT2D eigenvalue weighted by molar-refractivity contribution is 6.40. The van der Waals surface area contributed by atoms with Crippen LogP contribution in [0.15, 0.2) is 78.9 Å². The molecular formula is C26H27N3O4. The van der Waals surface area contributed by atoms with Crippen molar-refractivity contribution in [2.75, 3.05) is 19.0 Å². The van der Waals surface area contributed by atoms with Gasteiger partial charge >= 0.3 is 11.8 Å². The maximum absolute atomic E-state index is 12.7. The highest BCUT2D eigenvalue weighted by Crippen LogP contribution is 2.18. The lowest BCUT2D eigenvalue weighted by Crippen LogP contribution is -2.36. The van der Waals surface area contributed by atoms with Gasteiger partial charge in [-0.05, 0) is 36.6 Å². The summed E-state index contributed by atoms with van der Waals surface area (Å²) in [5.41, 5.74) is 2.52. The fraction of sp³-hybridized carbons (Fsp3) is 0.192. The summed E-state index contributed by atoms with van der Waals surface area (Å²) in [6.07, 6.45) is 1.52. The van der Waals surface area contributed by atoms with Crippen molar-refractivity contribution in [2.45, 2.75) is 19.4 Å². The molecule has 0 saturated carbocycles. The van der Waals surface area contributed by atoms with Crippen molar-refractivity contribution in [3.63, 3.8) is 0 Å². The molecule has 7 nitrogen and oxygen atoms in total. The molecular weight excluding hydrogens is 418 g/mol. The normalized spacial score (nSPS) is 10.2.